The van der Waals surface area contributed by atoms with Crippen molar-refractivity contribution in [3.05, 3.63) is 46.5 Å². The topological polar surface area (TPSA) is 0 Å². The molecular weight excluding hydrogens is 244 g/mol. The average Bonchev–Trinajstić information content (AvgIpc) is 2.54. The minimum Gasteiger partial charge on any atom is -0.170 e. The molecule has 2 heteroatoms. The van der Waals surface area contributed by atoms with Gasteiger partial charge in [0, 0.05) is 5.92 Å². The Kier molecular flexibility index (Phi) is 3.60. The first kappa shape index (κ1) is 12.7. The molecule has 0 aliphatic heterocycles. The van der Waals surface area contributed by atoms with E-state index in [1.807, 2.05) is 0 Å². The second-order valence-electron chi connectivity index (χ2n) is 4.90. The van der Waals surface area contributed by atoms with Crippen molar-refractivity contribution in [3.63, 3.8) is 0 Å². The summed E-state index contributed by atoms with van der Waals surface area (Å²) < 4.78 is 0. The van der Waals surface area contributed by atoms with Crippen LogP contribution in [0, 0.1) is 12.8 Å². The van der Waals surface area contributed by atoms with Crippen molar-refractivity contribution in [2.45, 2.75) is 27.7 Å². The van der Waals surface area contributed by atoms with Gasteiger partial charge in [0.15, 0.2) is 8.83 Å². The Morgan fingerprint density at radius 2 is 1.88 bits per heavy atom. The van der Waals surface area contributed by atoms with Gasteiger partial charge in [-0.25, -0.2) is 0 Å². The SMILES string of the molecule is CC1=CC(C)C(c2cccc([SiH2]Cl)c2C)=C1C. The minimum atomic E-state index is -0.600. The maximum absolute atomic E-state index is 6.12. The summed E-state index contributed by atoms with van der Waals surface area (Å²) >= 11 is 6.12. The summed E-state index contributed by atoms with van der Waals surface area (Å²) in [4.78, 5) is 0. The molecule has 0 nitrogen and oxygen atoms in total. The molecule has 0 amide bonds. The number of halogens is 1. The fourth-order valence-corrected chi connectivity index (χ4v) is 4.19. The Morgan fingerprint density at radius 3 is 2.41 bits per heavy atom. The van der Waals surface area contributed by atoms with E-state index in [9.17, 15) is 0 Å². The summed E-state index contributed by atoms with van der Waals surface area (Å²) in [6, 6.07) is 6.56. The van der Waals surface area contributed by atoms with Gasteiger partial charge in [0.1, 0.15) is 0 Å². The normalized spacial score (nSPS) is 20.5. The highest BCUT2D eigenvalue weighted by molar-refractivity contribution is 7.01. The molecule has 0 saturated carbocycles. The lowest BCUT2D eigenvalue weighted by atomic mass is 9.91. The second kappa shape index (κ2) is 4.83. The van der Waals surface area contributed by atoms with Gasteiger partial charge in [0.05, 0.1) is 0 Å². The molecule has 2 rings (SSSR count). The molecule has 0 N–H and O–H groups in total. The lowest BCUT2D eigenvalue weighted by Crippen LogP contribution is -2.15. The molecular formula is C15H19ClSi. The monoisotopic (exact) mass is 262 g/mol. The van der Waals surface area contributed by atoms with Crippen LogP contribution >= 0.6 is 11.1 Å². The van der Waals surface area contributed by atoms with Crippen LogP contribution in [0.4, 0.5) is 0 Å². The van der Waals surface area contributed by atoms with Crippen LogP contribution in [0.25, 0.3) is 5.57 Å². The van der Waals surface area contributed by atoms with Crippen LogP contribution < -0.4 is 5.19 Å². The molecule has 1 aliphatic carbocycles. The molecule has 1 aliphatic rings. The molecule has 0 fully saturated rings. The first-order valence-corrected chi connectivity index (χ1v) is 8.95. The Bertz CT molecular complexity index is 512. The first-order valence-electron chi connectivity index (χ1n) is 6.10. The fraction of sp³-hybridized carbons (Fsp3) is 0.333. The molecule has 0 aromatic heterocycles. The van der Waals surface area contributed by atoms with Crippen LogP contribution in [0.15, 0.2) is 35.4 Å². The van der Waals surface area contributed by atoms with Crippen molar-refractivity contribution < 1.29 is 0 Å². The highest BCUT2D eigenvalue weighted by atomic mass is 35.6. The van der Waals surface area contributed by atoms with Gasteiger partial charge in [-0.05, 0) is 48.2 Å². The fourth-order valence-electron chi connectivity index (χ4n) is 2.70. The van der Waals surface area contributed by atoms with Gasteiger partial charge in [-0.3, -0.25) is 0 Å². The second-order valence-corrected chi connectivity index (χ2v) is 6.73. The number of rotatable bonds is 2. The third-order valence-electron chi connectivity index (χ3n) is 3.83. The predicted molar refractivity (Wildman–Crippen MR) is 80.7 cm³/mol. The summed E-state index contributed by atoms with van der Waals surface area (Å²) in [6.45, 7) is 8.92. The van der Waals surface area contributed by atoms with Gasteiger partial charge in [-0.2, -0.15) is 11.1 Å². The Balaban J connectivity index is 2.57. The maximum atomic E-state index is 6.12. The van der Waals surface area contributed by atoms with Gasteiger partial charge < -0.3 is 0 Å². The van der Waals surface area contributed by atoms with Crippen LogP contribution in [0.5, 0.6) is 0 Å². The van der Waals surface area contributed by atoms with E-state index >= 15 is 0 Å². The lowest BCUT2D eigenvalue weighted by molar-refractivity contribution is 0.973. The lowest BCUT2D eigenvalue weighted by Gasteiger charge is -2.15. The van der Waals surface area contributed by atoms with Crippen LogP contribution in [0.3, 0.4) is 0 Å². The smallest absolute Gasteiger partial charge is 0.156 e. The number of hydrogen-bond donors (Lipinski definition) is 0. The molecule has 1 aromatic carbocycles. The molecule has 0 spiro atoms. The minimum absolute atomic E-state index is 0.529. The molecule has 0 radical (unpaired) electrons. The molecule has 0 heterocycles. The van der Waals surface area contributed by atoms with E-state index in [-0.39, 0.29) is 0 Å². The van der Waals surface area contributed by atoms with Gasteiger partial charge >= 0.3 is 0 Å². The molecule has 1 aromatic rings. The largest absolute Gasteiger partial charge is 0.170 e. The van der Waals surface area contributed by atoms with E-state index in [2.05, 4.69) is 52.0 Å². The number of benzene rings is 1. The molecule has 1 unspecified atom stereocenters. The zero-order chi connectivity index (χ0) is 12.6. The van der Waals surface area contributed by atoms with Gasteiger partial charge in [-0.1, -0.05) is 36.8 Å². The summed E-state index contributed by atoms with van der Waals surface area (Å²) in [5.41, 5.74) is 7.13. The Hall–Kier alpha value is -0.793. The van der Waals surface area contributed by atoms with Crippen molar-refractivity contribution in [2.24, 2.45) is 5.92 Å². The molecule has 1 atom stereocenters. The van der Waals surface area contributed by atoms with Gasteiger partial charge in [0.2, 0.25) is 0 Å². The van der Waals surface area contributed by atoms with Gasteiger partial charge in [-0.15, -0.1) is 0 Å². The summed E-state index contributed by atoms with van der Waals surface area (Å²) in [7, 11) is -0.600. The number of allylic oxidation sites excluding steroid dienone is 4. The zero-order valence-electron chi connectivity index (χ0n) is 11.0. The third-order valence-corrected chi connectivity index (χ3v) is 5.75. The summed E-state index contributed by atoms with van der Waals surface area (Å²) in [6.07, 6.45) is 2.36. The van der Waals surface area contributed by atoms with E-state index in [0.29, 0.717) is 5.92 Å². The van der Waals surface area contributed by atoms with Crippen LogP contribution in [-0.2, 0) is 0 Å². The predicted octanol–water partition coefficient (Wildman–Crippen LogP) is 3.31. The molecule has 17 heavy (non-hydrogen) atoms. The maximum Gasteiger partial charge on any atom is 0.156 e. The van der Waals surface area contributed by atoms with Crippen molar-refractivity contribution in [2.75, 3.05) is 0 Å². The van der Waals surface area contributed by atoms with Gasteiger partial charge in [0.25, 0.3) is 0 Å². The first-order chi connectivity index (χ1) is 8.06. The van der Waals surface area contributed by atoms with Crippen molar-refractivity contribution in [3.8, 4) is 0 Å². The Morgan fingerprint density at radius 1 is 1.18 bits per heavy atom. The van der Waals surface area contributed by atoms with E-state index in [1.165, 1.54) is 33.0 Å². The van der Waals surface area contributed by atoms with E-state index in [1.54, 1.807) is 0 Å². The quantitative estimate of drug-likeness (QED) is 0.567. The van der Waals surface area contributed by atoms with Crippen molar-refractivity contribution in [1.82, 2.24) is 0 Å². The summed E-state index contributed by atoms with van der Waals surface area (Å²) in [5.74, 6) is 0.529. The average molecular weight is 263 g/mol. The standard InChI is InChI=1S/C15H19ClSi/c1-9-8-10(2)15(11(9)3)13-6-5-7-14(17-16)12(13)4/h5-8,10H,17H2,1-4H3. The molecule has 0 saturated heterocycles. The zero-order valence-corrected chi connectivity index (χ0v) is 13.1. The third kappa shape index (κ3) is 2.14. The van der Waals surface area contributed by atoms with Crippen LogP contribution in [0.1, 0.15) is 31.9 Å². The van der Waals surface area contributed by atoms with E-state index < -0.39 is 8.83 Å². The number of hydrogen-bond acceptors (Lipinski definition) is 0. The Labute approximate surface area is 111 Å². The molecule has 90 valence electrons. The van der Waals surface area contributed by atoms with E-state index in [4.69, 9.17) is 11.1 Å². The molecule has 0 bridgehead atoms. The highest BCUT2D eigenvalue weighted by Gasteiger charge is 2.21. The van der Waals surface area contributed by atoms with Crippen LogP contribution in [0.2, 0.25) is 0 Å². The highest BCUT2D eigenvalue weighted by Crippen LogP contribution is 2.38. The van der Waals surface area contributed by atoms with Crippen molar-refractivity contribution in [1.29, 1.82) is 0 Å². The van der Waals surface area contributed by atoms with Crippen molar-refractivity contribution >= 4 is 30.7 Å². The van der Waals surface area contributed by atoms with E-state index in [0.717, 1.165) is 0 Å². The van der Waals surface area contributed by atoms with Crippen LogP contribution in [-0.4, -0.2) is 8.83 Å². The summed E-state index contributed by atoms with van der Waals surface area (Å²) in [5, 5.41) is 1.38.